The summed E-state index contributed by atoms with van der Waals surface area (Å²) in [6, 6.07) is 22.5. The summed E-state index contributed by atoms with van der Waals surface area (Å²) in [6.07, 6.45) is 1.52. The molecule has 0 saturated heterocycles. The van der Waals surface area contributed by atoms with E-state index in [-0.39, 0.29) is 5.57 Å². The van der Waals surface area contributed by atoms with Gasteiger partial charge in [-0.3, -0.25) is 4.79 Å². The Bertz CT molecular complexity index is 1150. The predicted octanol–water partition coefficient (Wildman–Crippen LogP) is 6.08. The van der Waals surface area contributed by atoms with Crippen LogP contribution in [-0.2, 0) is 11.4 Å². The molecule has 0 aliphatic heterocycles. The molecule has 0 unspecified atom stereocenters. The van der Waals surface area contributed by atoms with Crippen LogP contribution in [0.4, 0.5) is 5.69 Å². The number of nitriles is 1. The van der Waals surface area contributed by atoms with Crippen molar-refractivity contribution in [3.63, 3.8) is 0 Å². The van der Waals surface area contributed by atoms with E-state index in [0.717, 1.165) is 16.7 Å². The van der Waals surface area contributed by atoms with Crippen LogP contribution >= 0.6 is 11.6 Å². The number of hydrogen-bond acceptors (Lipinski definition) is 3. The second-order valence-corrected chi connectivity index (χ2v) is 7.31. The molecule has 150 valence electrons. The number of benzene rings is 3. The molecule has 4 nitrogen and oxygen atoms in total. The lowest BCUT2D eigenvalue weighted by Gasteiger charge is -2.10. The molecule has 0 bridgehead atoms. The number of ether oxygens (including phenoxy) is 1. The van der Waals surface area contributed by atoms with Crippen LogP contribution in [0.5, 0.6) is 5.75 Å². The lowest BCUT2D eigenvalue weighted by atomic mass is 10.1. The van der Waals surface area contributed by atoms with Gasteiger partial charge in [-0.1, -0.05) is 65.7 Å². The molecule has 3 rings (SSSR count). The van der Waals surface area contributed by atoms with E-state index >= 15 is 0 Å². The van der Waals surface area contributed by atoms with Crippen molar-refractivity contribution in [3.8, 4) is 11.8 Å². The van der Waals surface area contributed by atoms with Crippen LogP contribution in [0.25, 0.3) is 6.08 Å². The molecule has 0 aliphatic rings. The minimum atomic E-state index is -0.508. The number of amides is 1. The van der Waals surface area contributed by atoms with Crippen molar-refractivity contribution in [3.05, 3.63) is 99.6 Å². The molecule has 0 radical (unpaired) electrons. The van der Waals surface area contributed by atoms with Crippen molar-refractivity contribution < 1.29 is 9.53 Å². The third-order valence-corrected chi connectivity index (χ3v) is 4.90. The SMILES string of the molecule is Cc1cccc(COc2ccccc2/C=C(/C#N)C(=O)Nc2ccc(C)c(Cl)c2)c1. The Hall–Kier alpha value is -3.55. The molecular formula is C25H21ClN2O2. The van der Waals surface area contributed by atoms with E-state index in [1.165, 1.54) is 6.08 Å². The van der Waals surface area contributed by atoms with E-state index in [1.54, 1.807) is 18.2 Å². The summed E-state index contributed by atoms with van der Waals surface area (Å²) in [7, 11) is 0. The number of carbonyl (C=O) groups excluding carboxylic acids is 1. The fourth-order valence-corrected chi connectivity index (χ4v) is 3.05. The molecule has 0 aromatic heterocycles. The highest BCUT2D eigenvalue weighted by atomic mass is 35.5. The van der Waals surface area contributed by atoms with Gasteiger partial charge in [-0.05, 0) is 49.2 Å². The van der Waals surface area contributed by atoms with Crippen LogP contribution in [0.1, 0.15) is 22.3 Å². The Kier molecular flexibility index (Phi) is 6.90. The summed E-state index contributed by atoms with van der Waals surface area (Å²) >= 11 is 6.11. The van der Waals surface area contributed by atoms with Crippen LogP contribution in [0.15, 0.2) is 72.3 Å². The number of halogens is 1. The van der Waals surface area contributed by atoms with E-state index in [2.05, 4.69) is 11.4 Å². The van der Waals surface area contributed by atoms with E-state index in [4.69, 9.17) is 16.3 Å². The van der Waals surface area contributed by atoms with Crippen molar-refractivity contribution >= 4 is 29.3 Å². The largest absolute Gasteiger partial charge is 0.488 e. The van der Waals surface area contributed by atoms with Gasteiger partial charge in [-0.15, -0.1) is 0 Å². The molecule has 0 spiro atoms. The second kappa shape index (κ2) is 9.78. The van der Waals surface area contributed by atoms with Crippen molar-refractivity contribution in [2.45, 2.75) is 20.5 Å². The summed E-state index contributed by atoms with van der Waals surface area (Å²) in [5, 5.41) is 12.8. The van der Waals surface area contributed by atoms with Crippen molar-refractivity contribution in [2.75, 3.05) is 5.32 Å². The van der Waals surface area contributed by atoms with Gasteiger partial charge in [0.1, 0.15) is 24.0 Å². The van der Waals surface area contributed by atoms with Gasteiger partial charge in [0.25, 0.3) is 5.91 Å². The third kappa shape index (κ3) is 5.50. The van der Waals surface area contributed by atoms with Gasteiger partial charge in [0.2, 0.25) is 0 Å². The number of nitrogens with one attached hydrogen (secondary N) is 1. The third-order valence-electron chi connectivity index (χ3n) is 4.49. The van der Waals surface area contributed by atoms with Gasteiger partial charge in [0, 0.05) is 16.3 Å². The van der Waals surface area contributed by atoms with Crippen LogP contribution in [0.3, 0.4) is 0 Å². The highest BCUT2D eigenvalue weighted by molar-refractivity contribution is 6.31. The Morgan fingerprint density at radius 2 is 1.90 bits per heavy atom. The molecule has 5 heteroatoms. The first-order valence-electron chi connectivity index (χ1n) is 9.43. The zero-order valence-corrected chi connectivity index (χ0v) is 17.5. The Labute approximate surface area is 181 Å². The lowest BCUT2D eigenvalue weighted by molar-refractivity contribution is -0.112. The number of anilines is 1. The fourth-order valence-electron chi connectivity index (χ4n) is 2.87. The number of rotatable bonds is 6. The topological polar surface area (TPSA) is 62.1 Å². The van der Waals surface area contributed by atoms with Gasteiger partial charge in [-0.2, -0.15) is 5.26 Å². The highest BCUT2D eigenvalue weighted by Crippen LogP contribution is 2.24. The summed E-state index contributed by atoms with van der Waals surface area (Å²) < 4.78 is 5.95. The minimum absolute atomic E-state index is 0.0293. The molecule has 0 aliphatic carbocycles. The van der Waals surface area contributed by atoms with Gasteiger partial charge < -0.3 is 10.1 Å². The molecule has 0 heterocycles. The van der Waals surface area contributed by atoms with Crippen LogP contribution < -0.4 is 10.1 Å². The number of hydrogen-bond donors (Lipinski definition) is 1. The molecule has 30 heavy (non-hydrogen) atoms. The van der Waals surface area contributed by atoms with Crippen LogP contribution in [0.2, 0.25) is 5.02 Å². The Morgan fingerprint density at radius 1 is 1.10 bits per heavy atom. The molecule has 1 amide bonds. The van der Waals surface area contributed by atoms with Crippen molar-refractivity contribution in [1.82, 2.24) is 0 Å². The minimum Gasteiger partial charge on any atom is -0.488 e. The van der Waals surface area contributed by atoms with Gasteiger partial charge in [0.05, 0.1) is 0 Å². The maximum absolute atomic E-state index is 12.6. The molecule has 3 aromatic carbocycles. The van der Waals surface area contributed by atoms with Crippen LogP contribution in [0, 0.1) is 25.2 Å². The van der Waals surface area contributed by atoms with Gasteiger partial charge >= 0.3 is 0 Å². The lowest BCUT2D eigenvalue weighted by Crippen LogP contribution is -2.13. The predicted molar refractivity (Wildman–Crippen MR) is 120 cm³/mol. The van der Waals surface area contributed by atoms with Crippen molar-refractivity contribution in [1.29, 1.82) is 5.26 Å². The number of carbonyl (C=O) groups is 1. The smallest absolute Gasteiger partial charge is 0.266 e. The van der Waals surface area contributed by atoms with Crippen molar-refractivity contribution in [2.24, 2.45) is 0 Å². The van der Waals surface area contributed by atoms with Gasteiger partial charge in [0.15, 0.2) is 0 Å². The van der Waals surface area contributed by atoms with E-state index in [0.29, 0.717) is 28.6 Å². The first kappa shape index (κ1) is 21.2. The zero-order valence-electron chi connectivity index (χ0n) is 16.8. The maximum atomic E-state index is 12.6. The molecule has 0 saturated carbocycles. The Balaban J connectivity index is 1.79. The van der Waals surface area contributed by atoms with E-state index < -0.39 is 5.91 Å². The molecule has 3 aromatic rings. The van der Waals surface area contributed by atoms with Gasteiger partial charge in [-0.25, -0.2) is 0 Å². The average Bonchev–Trinajstić information content (AvgIpc) is 2.74. The summed E-state index contributed by atoms with van der Waals surface area (Å²) in [4.78, 5) is 12.6. The first-order valence-corrected chi connectivity index (χ1v) is 9.81. The summed E-state index contributed by atoms with van der Waals surface area (Å²) in [6.45, 7) is 4.30. The molecule has 1 N–H and O–H groups in total. The quantitative estimate of drug-likeness (QED) is 0.391. The fraction of sp³-hybridized carbons (Fsp3) is 0.120. The average molecular weight is 417 g/mol. The van der Waals surface area contributed by atoms with E-state index in [1.807, 2.05) is 62.4 Å². The second-order valence-electron chi connectivity index (χ2n) is 6.90. The molecular weight excluding hydrogens is 396 g/mol. The zero-order chi connectivity index (χ0) is 21.5. The number of aryl methyl sites for hydroxylation is 2. The summed E-state index contributed by atoms with van der Waals surface area (Å²) in [5.41, 5.74) is 4.26. The first-order chi connectivity index (χ1) is 14.5. The monoisotopic (exact) mass is 416 g/mol. The number of para-hydroxylation sites is 1. The highest BCUT2D eigenvalue weighted by Gasteiger charge is 2.12. The Morgan fingerprint density at radius 3 is 2.63 bits per heavy atom. The van der Waals surface area contributed by atoms with Crippen LogP contribution in [-0.4, -0.2) is 5.91 Å². The van der Waals surface area contributed by atoms with E-state index in [9.17, 15) is 10.1 Å². The molecule has 0 fully saturated rings. The summed E-state index contributed by atoms with van der Waals surface area (Å²) in [5.74, 6) is 0.0869. The standard InChI is InChI=1S/C25H21ClN2O2/c1-17-6-5-7-19(12-17)16-30-24-9-4-3-8-20(24)13-21(15-27)25(29)28-22-11-10-18(2)23(26)14-22/h3-14H,16H2,1-2H3,(H,28,29)/b21-13-. The maximum Gasteiger partial charge on any atom is 0.266 e. The normalized spacial score (nSPS) is 10.9. The molecule has 0 atom stereocenters. The number of nitrogens with zero attached hydrogens (tertiary/aromatic N) is 1.